The largest absolute Gasteiger partial charge is 0.456 e. The first kappa shape index (κ1) is 14.6. The van der Waals surface area contributed by atoms with Crippen LogP contribution in [-0.2, 0) is 5.41 Å². The summed E-state index contributed by atoms with van der Waals surface area (Å²) in [7, 11) is 0. The molecule has 1 heteroatoms. The average Bonchev–Trinajstić information content (AvgIpc) is 3.19. The van der Waals surface area contributed by atoms with E-state index in [1.54, 1.807) is 6.92 Å². The van der Waals surface area contributed by atoms with Gasteiger partial charge in [-0.3, -0.25) is 0 Å². The fourth-order valence-corrected chi connectivity index (χ4v) is 4.30. The van der Waals surface area contributed by atoms with Gasteiger partial charge in [-0.2, -0.15) is 0 Å². The first-order valence-corrected chi connectivity index (χ1v) is 10.2. The summed E-state index contributed by atoms with van der Waals surface area (Å²) >= 11 is 0. The van der Waals surface area contributed by atoms with E-state index in [4.69, 9.17) is 9.90 Å². The summed E-state index contributed by atoms with van der Waals surface area (Å²) in [6.07, 6.45) is 0. The zero-order valence-corrected chi connectivity index (χ0v) is 17.7. The third kappa shape index (κ3) is 3.02. The Bertz CT molecular complexity index is 1560. The number of hydrogen-bond donors (Lipinski definition) is 0. The van der Waals surface area contributed by atoms with E-state index in [0.29, 0.717) is 11.1 Å². The molecule has 0 unspecified atom stereocenters. The van der Waals surface area contributed by atoms with Crippen molar-refractivity contribution in [2.24, 2.45) is 0 Å². The molecule has 148 valence electrons. The molecule has 0 aliphatic carbocycles. The van der Waals surface area contributed by atoms with E-state index in [1.165, 1.54) is 0 Å². The van der Waals surface area contributed by atoms with Crippen molar-refractivity contribution in [2.45, 2.75) is 33.1 Å². The van der Waals surface area contributed by atoms with Gasteiger partial charge in [0.05, 0.1) is 5.48 Å². The second kappa shape index (κ2) is 6.88. The molecule has 1 nitrogen and oxygen atoms in total. The zero-order valence-electron chi connectivity index (χ0n) is 21.7. The van der Waals surface area contributed by atoms with Crippen molar-refractivity contribution in [2.75, 3.05) is 0 Å². The zero-order chi connectivity index (χ0) is 24.4. The van der Waals surface area contributed by atoms with Gasteiger partial charge in [0.1, 0.15) is 11.2 Å². The normalized spacial score (nSPS) is 13.9. The Hall–Kier alpha value is -3.32. The van der Waals surface area contributed by atoms with E-state index in [-0.39, 0.29) is 29.6 Å². The van der Waals surface area contributed by atoms with Crippen molar-refractivity contribution in [1.82, 2.24) is 0 Å². The molecule has 0 atom stereocenters. The average molecular weight is 395 g/mol. The van der Waals surface area contributed by atoms with E-state index < -0.39 is 0 Å². The van der Waals surface area contributed by atoms with E-state index in [9.17, 15) is 0 Å². The predicted octanol–water partition coefficient (Wildman–Crippen LogP) is 8.53. The molecule has 0 bridgehead atoms. The highest BCUT2D eigenvalue weighted by molar-refractivity contribution is 6.13. The van der Waals surface area contributed by atoms with E-state index in [1.807, 2.05) is 42.5 Å². The lowest BCUT2D eigenvalue weighted by Gasteiger charge is -2.27. The van der Waals surface area contributed by atoms with Crippen LogP contribution in [0.5, 0.6) is 0 Å². The minimum absolute atomic E-state index is 0.00388. The molecule has 4 aromatic carbocycles. The van der Waals surface area contributed by atoms with Crippen LogP contribution in [0.4, 0.5) is 0 Å². The van der Waals surface area contributed by atoms with Crippen LogP contribution in [0.1, 0.15) is 37.4 Å². The maximum Gasteiger partial charge on any atom is 0.136 e. The van der Waals surface area contributed by atoms with Crippen LogP contribution < -0.4 is 0 Å². The fourth-order valence-electron chi connectivity index (χ4n) is 4.30. The van der Waals surface area contributed by atoms with Crippen LogP contribution in [0.25, 0.3) is 44.2 Å². The Morgan fingerprint density at radius 1 is 0.700 bits per heavy atom. The molecule has 30 heavy (non-hydrogen) atoms. The molecule has 0 radical (unpaired) electrons. The second-order valence-electron chi connectivity index (χ2n) is 8.76. The standard InChI is InChI=1S/C29H26O/c1-19-15-17-20(18-16-19)21-10-7-12-23(28(21)29(2,3)4)22-11-8-14-26-27(22)24-9-5-6-13-25(24)30-26/h5-18H,1-4H3/i15D,16D,17D,18D. The highest BCUT2D eigenvalue weighted by Gasteiger charge is 2.25. The maximum atomic E-state index is 8.70. The van der Waals surface area contributed by atoms with Gasteiger partial charge in [0.15, 0.2) is 0 Å². The molecular formula is C29H26O. The summed E-state index contributed by atoms with van der Waals surface area (Å²) in [5.74, 6) is 0. The lowest BCUT2D eigenvalue weighted by Crippen LogP contribution is -2.14. The summed E-state index contributed by atoms with van der Waals surface area (Å²) in [6, 6.07) is 20.0. The van der Waals surface area contributed by atoms with Gasteiger partial charge in [-0.25, -0.2) is 0 Å². The third-order valence-corrected chi connectivity index (χ3v) is 5.53. The Morgan fingerprint density at radius 3 is 2.10 bits per heavy atom. The molecule has 0 spiro atoms. The number of benzene rings is 4. The molecule has 1 heterocycles. The van der Waals surface area contributed by atoms with Crippen molar-refractivity contribution in [3.05, 3.63) is 96.0 Å². The van der Waals surface area contributed by atoms with Gasteiger partial charge in [-0.05, 0) is 52.3 Å². The Labute approximate surface area is 183 Å². The van der Waals surface area contributed by atoms with E-state index >= 15 is 0 Å². The Morgan fingerprint density at radius 2 is 1.33 bits per heavy atom. The van der Waals surface area contributed by atoms with Crippen LogP contribution in [0, 0.1) is 6.92 Å². The summed E-state index contributed by atoms with van der Waals surface area (Å²) in [5.41, 5.74) is 5.75. The summed E-state index contributed by atoms with van der Waals surface area (Å²) in [5, 5.41) is 2.07. The molecular weight excluding hydrogens is 364 g/mol. The van der Waals surface area contributed by atoms with Gasteiger partial charge in [-0.15, -0.1) is 0 Å². The van der Waals surface area contributed by atoms with Crippen LogP contribution in [0.3, 0.4) is 0 Å². The highest BCUT2D eigenvalue weighted by atomic mass is 16.3. The van der Waals surface area contributed by atoms with Crippen molar-refractivity contribution < 1.29 is 9.90 Å². The van der Waals surface area contributed by atoms with Gasteiger partial charge in [-0.1, -0.05) is 99.0 Å². The second-order valence-corrected chi connectivity index (χ2v) is 8.76. The topological polar surface area (TPSA) is 13.1 Å². The first-order chi connectivity index (χ1) is 16.1. The fraction of sp³-hybridized carbons (Fsp3) is 0.172. The van der Waals surface area contributed by atoms with E-state index in [2.05, 4.69) is 39.0 Å². The number of para-hydroxylation sites is 1. The van der Waals surface area contributed by atoms with Crippen LogP contribution in [0.2, 0.25) is 0 Å². The number of furan rings is 1. The van der Waals surface area contributed by atoms with Crippen molar-refractivity contribution in [3.8, 4) is 22.3 Å². The van der Waals surface area contributed by atoms with Gasteiger partial charge in [0, 0.05) is 10.8 Å². The quantitative estimate of drug-likeness (QED) is 0.292. The van der Waals surface area contributed by atoms with Gasteiger partial charge >= 0.3 is 0 Å². The molecule has 0 N–H and O–H groups in total. The Kier molecular flexibility index (Phi) is 3.36. The van der Waals surface area contributed by atoms with Crippen molar-refractivity contribution in [3.63, 3.8) is 0 Å². The molecule has 0 fully saturated rings. The molecule has 0 saturated heterocycles. The van der Waals surface area contributed by atoms with Crippen molar-refractivity contribution in [1.29, 1.82) is 0 Å². The van der Waals surface area contributed by atoms with Crippen LogP contribution in [0.15, 0.2) is 89.3 Å². The number of hydrogen-bond acceptors (Lipinski definition) is 1. The third-order valence-electron chi connectivity index (χ3n) is 5.53. The van der Waals surface area contributed by atoms with Gasteiger partial charge in [0.25, 0.3) is 0 Å². The Balaban J connectivity index is 1.92. The molecule has 0 aliphatic rings. The summed E-state index contributed by atoms with van der Waals surface area (Å²) < 4.78 is 40.3. The summed E-state index contributed by atoms with van der Waals surface area (Å²) in [4.78, 5) is 0. The number of fused-ring (bicyclic) bond motifs is 3. The SMILES string of the molecule is [2H]c1c([2H])c(-c2cccc(-c3cccc4oc5ccccc5c34)c2C(C)(C)C)c([2H])c([2H])c1C. The first-order valence-electron chi connectivity index (χ1n) is 12.2. The molecule has 5 rings (SSSR count). The number of rotatable bonds is 2. The lowest BCUT2D eigenvalue weighted by molar-refractivity contribution is 0.594. The van der Waals surface area contributed by atoms with E-state index in [0.717, 1.165) is 44.2 Å². The van der Waals surface area contributed by atoms with Crippen LogP contribution in [-0.4, -0.2) is 0 Å². The monoisotopic (exact) mass is 394 g/mol. The van der Waals surface area contributed by atoms with Gasteiger partial charge < -0.3 is 4.42 Å². The minimum atomic E-state index is -0.332. The molecule has 0 saturated carbocycles. The molecule has 1 aromatic heterocycles. The molecule has 0 aliphatic heterocycles. The minimum Gasteiger partial charge on any atom is -0.456 e. The molecule has 5 aromatic rings. The van der Waals surface area contributed by atoms with Gasteiger partial charge in [0.2, 0.25) is 0 Å². The summed E-state index contributed by atoms with van der Waals surface area (Å²) in [6.45, 7) is 7.99. The van der Waals surface area contributed by atoms with Crippen LogP contribution >= 0.6 is 0 Å². The highest BCUT2D eigenvalue weighted by Crippen LogP contribution is 2.44. The predicted molar refractivity (Wildman–Crippen MR) is 128 cm³/mol. The van der Waals surface area contributed by atoms with Crippen molar-refractivity contribution >= 4 is 21.9 Å². The smallest absolute Gasteiger partial charge is 0.136 e. The molecule has 0 amide bonds. The lowest BCUT2D eigenvalue weighted by atomic mass is 9.77. The maximum absolute atomic E-state index is 8.70.